The van der Waals surface area contributed by atoms with Gasteiger partial charge in [-0.3, -0.25) is 0 Å². The number of hydrogen-bond donors (Lipinski definition) is 0. The Bertz CT molecular complexity index is 615. The molecule has 0 saturated heterocycles. The van der Waals surface area contributed by atoms with Crippen molar-refractivity contribution in [3.63, 3.8) is 0 Å². The van der Waals surface area contributed by atoms with Gasteiger partial charge in [-0.1, -0.05) is 35.3 Å². The van der Waals surface area contributed by atoms with Gasteiger partial charge in [-0.05, 0) is 29.8 Å². The molecule has 0 unspecified atom stereocenters. The average molecular weight is 307 g/mol. The molecular weight excluding hydrogens is 299 g/mol. The quantitative estimate of drug-likeness (QED) is 0.858. The number of hydrogen-bond acceptors (Lipinski definition) is 3. The summed E-state index contributed by atoms with van der Waals surface area (Å²) in [4.78, 5) is 0. The Morgan fingerprint density at radius 1 is 1.00 bits per heavy atom. The van der Waals surface area contributed by atoms with Gasteiger partial charge in [-0.25, -0.2) is 8.42 Å². The fourth-order valence-corrected chi connectivity index (χ4v) is 4.38. The van der Waals surface area contributed by atoms with Crippen LogP contribution in [0, 0.1) is 0 Å². The van der Waals surface area contributed by atoms with E-state index in [9.17, 15) is 8.42 Å². The summed E-state index contributed by atoms with van der Waals surface area (Å²) in [5, 5.41) is 0.588. The Morgan fingerprint density at radius 3 is 2.18 bits per heavy atom. The van der Waals surface area contributed by atoms with Crippen LogP contribution in [0.2, 0.25) is 9.36 Å². The zero-order chi connectivity index (χ0) is 12.5. The lowest BCUT2D eigenvalue weighted by Crippen LogP contribution is -2.02. The molecule has 0 radical (unpaired) electrons. The van der Waals surface area contributed by atoms with Crippen molar-refractivity contribution in [1.29, 1.82) is 0 Å². The molecule has 0 atom stereocenters. The van der Waals surface area contributed by atoms with Crippen molar-refractivity contribution in [2.24, 2.45) is 0 Å². The number of thiophene rings is 1. The van der Waals surface area contributed by atoms with E-state index in [4.69, 9.17) is 23.2 Å². The fraction of sp³-hybridized carbons (Fsp3) is 0.0909. The summed E-state index contributed by atoms with van der Waals surface area (Å²) in [6, 6.07) is 9.87. The lowest BCUT2D eigenvalue weighted by atomic mass is 10.2. The van der Waals surface area contributed by atoms with Crippen LogP contribution in [-0.2, 0) is 15.6 Å². The minimum absolute atomic E-state index is 0.0407. The van der Waals surface area contributed by atoms with Crippen LogP contribution in [0.5, 0.6) is 0 Å². The maximum absolute atomic E-state index is 12.0. The second-order valence-electron chi connectivity index (χ2n) is 3.44. The van der Waals surface area contributed by atoms with E-state index in [-0.39, 0.29) is 9.96 Å². The summed E-state index contributed by atoms with van der Waals surface area (Å²) in [5.74, 6) is -0.0407. The van der Waals surface area contributed by atoms with Crippen molar-refractivity contribution in [3.05, 3.63) is 51.3 Å². The Kier molecular flexibility index (Phi) is 3.78. The maximum Gasteiger partial charge on any atom is 0.191 e. The van der Waals surface area contributed by atoms with E-state index in [0.717, 1.165) is 11.3 Å². The molecule has 0 aliphatic rings. The minimum atomic E-state index is -3.31. The summed E-state index contributed by atoms with van der Waals surface area (Å²) in [6.45, 7) is 0. The molecule has 0 spiro atoms. The van der Waals surface area contributed by atoms with Crippen LogP contribution in [-0.4, -0.2) is 8.42 Å². The van der Waals surface area contributed by atoms with Crippen LogP contribution in [0.3, 0.4) is 0 Å². The van der Waals surface area contributed by atoms with Gasteiger partial charge in [-0.2, -0.15) is 0 Å². The van der Waals surface area contributed by atoms with Crippen molar-refractivity contribution >= 4 is 44.4 Å². The summed E-state index contributed by atoms with van der Waals surface area (Å²) < 4.78 is 24.8. The molecule has 17 heavy (non-hydrogen) atoms. The van der Waals surface area contributed by atoms with Crippen LogP contribution >= 0.6 is 34.5 Å². The molecule has 90 valence electrons. The third kappa shape index (κ3) is 3.22. The number of rotatable bonds is 3. The van der Waals surface area contributed by atoms with Gasteiger partial charge in [0.2, 0.25) is 0 Å². The van der Waals surface area contributed by atoms with Gasteiger partial charge < -0.3 is 0 Å². The molecule has 2 aromatic rings. The monoisotopic (exact) mass is 306 g/mol. The standard InChI is InChI=1S/C11H8Cl2O2S2/c12-9-3-1-8(2-4-9)7-17(14,15)11-6-5-10(13)16-11/h1-6H,7H2. The van der Waals surface area contributed by atoms with Crippen LogP contribution in [0.1, 0.15) is 5.56 Å². The zero-order valence-electron chi connectivity index (χ0n) is 8.56. The molecule has 0 aliphatic carbocycles. The predicted molar refractivity (Wildman–Crippen MR) is 71.7 cm³/mol. The summed E-state index contributed by atoms with van der Waals surface area (Å²) >= 11 is 12.5. The van der Waals surface area contributed by atoms with E-state index in [1.54, 1.807) is 30.3 Å². The SMILES string of the molecule is O=S(=O)(Cc1ccc(Cl)cc1)c1ccc(Cl)s1. The third-order valence-corrected chi connectivity index (χ3v) is 5.88. The molecule has 0 fully saturated rings. The van der Waals surface area contributed by atoms with Crippen LogP contribution in [0.4, 0.5) is 0 Å². The first-order chi connectivity index (χ1) is 7.97. The number of benzene rings is 1. The Morgan fingerprint density at radius 2 is 1.65 bits per heavy atom. The predicted octanol–water partition coefficient (Wildman–Crippen LogP) is 4.03. The Balaban J connectivity index is 2.26. The van der Waals surface area contributed by atoms with Crippen molar-refractivity contribution < 1.29 is 8.42 Å². The largest absolute Gasteiger partial charge is 0.223 e. The highest BCUT2D eigenvalue weighted by Gasteiger charge is 2.17. The van der Waals surface area contributed by atoms with E-state index in [0.29, 0.717) is 14.9 Å². The molecule has 2 nitrogen and oxygen atoms in total. The van der Waals surface area contributed by atoms with Crippen LogP contribution < -0.4 is 0 Å². The molecule has 1 aromatic carbocycles. The smallest absolute Gasteiger partial charge is 0.191 e. The van der Waals surface area contributed by atoms with E-state index in [1.807, 2.05) is 0 Å². The molecule has 6 heteroatoms. The van der Waals surface area contributed by atoms with E-state index in [2.05, 4.69) is 0 Å². The molecule has 0 saturated carbocycles. The lowest BCUT2D eigenvalue weighted by Gasteiger charge is -2.02. The average Bonchev–Trinajstić information content (AvgIpc) is 2.69. The second kappa shape index (κ2) is 4.98. The van der Waals surface area contributed by atoms with E-state index < -0.39 is 9.84 Å². The first-order valence-corrected chi connectivity index (χ1v) is 7.92. The normalized spacial score (nSPS) is 11.6. The first kappa shape index (κ1) is 12.9. The van der Waals surface area contributed by atoms with Crippen LogP contribution in [0.25, 0.3) is 0 Å². The summed E-state index contributed by atoms with van der Waals surface area (Å²) in [7, 11) is -3.31. The molecule has 1 heterocycles. The van der Waals surface area contributed by atoms with Gasteiger partial charge in [0, 0.05) is 5.02 Å². The number of halogens is 2. The Labute approximate surface area is 114 Å². The van der Waals surface area contributed by atoms with Gasteiger partial charge in [0.05, 0.1) is 10.1 Å². The molecular formula is C11H8Cl2O2S2. The molecule has 0 amide bonds. The second-order valence-corrected chi connectivity index (χ2v) is 7.81. The molecule has 0 aliphatic heterocycles. The van der Waals surface area contributed by atoms with Gasteiger partial charge in [-0.15, -0.1) is 11.3 Å². The van der Waals surface area contributed by atoms with E-state index in [1.165, 1.54) is 6.07 Å². The van der Waals surface area contributed by atoms with E-state index >= 15 is 0 Å². The van der Waals surface area contributed by atoms with Crippen LogP contribution in [0.15, 0.2) is 40.6 Å². The van der Waals surface area contributed by atoms with Crippen molar-refractivity contribution in [2.45, 2.75) is 9.96 Å². The van der Waals surface area contributed by atoms with Crippen molar-refractivity contribution in [3.8, 4) is 0 Å². The van der Waals surface area contributed by atoms with Crippen molar-refractivity contribution in [2.75, 3.05) is 0 Å². The van der Waals surface area contributed by atoms with Crippen molar-refractivity contribution in [1.82, 2.24) is 0 Å². The topological polar surface area (TPSA) is 34.1 Å². The minimum Gasteiger partial charge on any atom is -0.223 e. The molecule has 0 bridgehead atoms. The van der Waals surface area contributed by atoms with Gasteiger partial charge in [0.25, 0.3) is 0 Å². The van der Waals surface area contributed by atoms with Gasteiger partial charge >= 0.3 is 0 Å². The summed E-state index contributed by atoms with van der Waals surface area (Å²) in [5.41, 5.74) is 0.707. The maximum atomic E-state index is 12.0. The molecule has 0 N–H and O–H groups in total. The Hall–Kier alpha value is -0.550. The number of sulfone groups is 1. The third-order valence-electron chi connectivity index (χ3n) is 2.13. The highest BCUT2D eigenvalue weighted by Crippen LogP contribution is 2.28. The van der Waals surface area contributed by atoms with Gasteiger partial charge in [0.1, 0.15) is 4.21 Å². The first-order valence-electron chi connectivity index (χ1n) is 4.70. The summed E-state index contributed by atoms with van der Waals surface area (Å²) in [6.07, 6.45) is 0. The van der Waals surface area contributed by atoms with Gasteiger partial charge in [0.15, 0.2) is 9.84 Å². The highest BCUT2D eigenvalue weighted by atomic mass is 35.5. The fourth-order valence-electron chi connectivity index (χ4n) is 1.34. The zero-order valence-corrected chi connectivity index (χ0v) is 11.7. The molecule has 1 aromatic heterocycles. The molecule has 2 rings (SSSR count). The highest BCUT2D eigenvalue weighted by molar-refractivity contribution is 7.92. The lowest BCUT2D eigenvalue weighted by molar-refractivity contribution is 0.597.